The maximum Gasteiger partial charge on any atom is 0.382 e. The second-order valence-corrected chi connectivity index (χ2v) is 12.3. The molecule has 0 bridgehead atoms. The fourth-order valence-corrected chi connectivity index (χ4v) is 5.21. The molecule has 15 heavy (non-hydrogen) atoms. The van der Waals surface area contributed by atoms with Crippen LogP contribution in [0, 0.1) is 0 Å². The van der Waals surface area contributed by atoms with Crippen LogP contribution in [0.5, 0.6) is 0 Å². The summed E-state index contributed by atoms with van der Waals surface area (Å²) in [4.78, 5) is 26.4. The van der Waals surface area contributed by atoms with E-state index in [1.807, 2.05) is 0 Å². The zero-order chi connectivity index (χ0) is 12.7. The van der Waals surface area contributed by atoms with E-state index in [0.29, 0.717) is 0 Å². The predicted octanol–water partition coefficient (Wildman–Crippen LogP) is 1.99. The molecule has 0 aromatic heterocycles. The average Bonchev–Trinajstić information content (AvgIpc) is 1.77. The molecule has 1 atom stereocenters. The minimum absolute atomic E-state index is 0.972. The van der Waals surface area contributed by atoms with Crippen molar-refractivity contribution in [2.45, 2.75) is 3.82 Å². The van der Waals surface area contributed by atoms with Crippen LogP contribution in [0.4, 0.5) is 0 Å². The monoisotopic (exact) mass is 320 g/mol. The SMILES string of the molecule is CP(C)(=O)OP(=O)(O)C(Cl)(Cl)P(=O)(O)O. The Balaban J connectivity index is 5.32. The van der Waals surface area contributed by atoms with E-state index in [9.17, 15) is 13.7 Å². The van der Waals surface area contributed by atoms with Gasteiger partial charge in [0.05, 0.1) is 0 Å². The lowest BCUT2D eigenvalue weighted by molar-refractivity contribution is 0.350. The van der Waals surface area contributed by atoms with Gasteiger partial charge in [0.2, 0.25) is 7.37 Å². The van der Waals surface area contributed by atoms with E-state index in [0.717, 1.165) is 13.3 Å². The van der Waals surface area contributed by atoms with Crippen molar-refractivity contribution in [2.24, 2.45) is 0 Å². The Morgan fingerprint density at radius 2 is 1.40 bits per heavy atom. The van der Waals surface area contributed by atoms with E-state index in [-0.39, 0.29) is 0 Å². The van der Waals surface area contributed by atoms with Gasteiger partial charge in [-0.15, -0.1) is 0 Å². The highest BCUT2D eigenvalue weighted by atomic mass is 35.5. The summed E-state index contributed by atoms with van der Waals surface area (Å²) < 4.78 is 33.9. The molecule has 0 aliphatic carbocycles. The first-order chi connectivity index (χ1) is 6.21. The van der Waals surface area contributed by atoms with Gasteiger partial charge in [0.1, 0.15) is 0 Å². The Labute approximate surface area is 95.9 Å². The van der Waals surface area contributed by atoms with E-state index in [1.165, 1.54) is 0 Å². The number of halogens is 2. The molecule has 7 nitrogen and oxygen atoms in total. The molecule has 0 saturated heterocycles. The molecule has 0 fully saturated rings. The first-order valence-electron chi connectivity index (χ1n) is 3.23. The molecule has 0 aliphatic heterocycles. The van der Waals surface area contributed by atoms with Crippen LogP contribution < -0.4 is 0 Å². The van der Waals surface area contributed by atoms with E-state index in [2.05, 4.69) is 4.31 Å². The van der Waals surface area contributed by atoms with E-state index < -0.39 is 26.4 Å². The van der Waals surface area contributed by atoms with Crippen LogP contribution in [-0.4, -0.2) is 31.8 Å². The van der Waals surface area contributed by atoms with Crippen LogP contribution in [0.1, 0.15) is 0 Å². The van der Waals surface area contributed by atoms with Crippen molar-refractivity contribution < 1.29 is 32.7 Å². The molecule has 92 valence electrons. The number of hydrogen-bond acceptors (Lipinski definition) is 4. The third-order valence-corrected chi connectivity index (χ3v) is 8.98. The Morgan fingerprint density at radius 3 is 1.60 bits per heavy atom. The van der Waals surface area contributed by atoms with Crippen LogP contribution in [0.25, 0.3) is 0 Å². The molecule has 0 heterocycles. The van der Waals surface area contributed by atoms with Gasteiger partial charge in [0.15, 0.2) is 0 Å². The summed E-state index contributed by atoms with van der Waals surface area (Å²) in [7, 11) is -13.9. The van der Waals surface area contributed by atoms with Crippen LogP contribution >= 0.6 is 45.8 Å². The summed E-state index contributed by atoms with van der Waals surface area (Å²) in [6.45, 7) is 1.94. The maximum atomic E-state index is 11.3. The van der Waals surface area contributed by atoms with Crippen molar-refractivity contribution in [3.8, 4) is 0 Å². The molecule has 1 unspecified atom stereocenters. The van der Waals surface area contributed by atoms with Crippen molar-refractivity contribution in [1.82, 2.24) is 0 Å². The Bertz CT molecular complexity index is 379. The summed E-state index contributed by atoms with van der Waals surface area (Å²) in [6.07, 6.45) is 0. The summed E-state index contributed by atoms with van der Waals surface area (Å²) in [5.41, 5.74) is 0. The molecule has 12 heteroatoms. The van der Waals surface area contributed by atoms with Gasteiger partial charge in [-0.1, -0.05) is 23.2 Å². The summed E-state index contributed by atoms with van der Waals surface area (Å²) in [5, 5.41) is 0. The first kappa shape index (κ1) is 16.1. The Morgan fingerprint density at radius 1 is 1.07 bits per heavy atom. The van der Waals surface area contributed by atoms with Crippen LogP contribution in [0.15, 0.2) is 0 Å². The number of rotatable bonds is 4. The summed E-state index contributed by atoms with van der Waals surface area (Å²) in [6, 6.07) is 0. The average molecular weight is 321 g/mol. The smallest absolute Gasteiger partial charge is 0.322 e. The molecule has 0 aromatic rings. The lowest BCUT2D eigenvalue weighted by atomic mass is 11.8. The highest BCUT2D eigenvalue weighted by Gasteiger charge is 2.61. The van der Waals surface area contributed by atoms with Gasteiger partial charge in [-0.2, -0.15) is 0 Å². The van der Waals surface area contributed by atoms with E-state index in [1.54, 1.807) is 0 Å². The highest BCUT2D eigenvalue weighted by molar-refractivity contribution is 7.82. The molecule has 3 N–H and O–H groups in total. The third kappa shape index (κ3) is 4.12. The normalized spacial score (nSPS) is 18.6. The quantitative estimate of drug-likeness (QED) is 0.535. The van der Waals surface area contributed by atoms with Crippen molar-refractivity contribution in [1.29, 1.82) is 0 Å². The largest absolute Gasteiger partial charge is 0.382 e. The predicted molar refractivity (Wildman–Crippen MR) is 56.8 cm³/mol. The lowest BCUT2D eigenvalue weighted by Gasteiger charge is -2.26. The minimum atomic E-state index is -5.30. The molecule has 0 rings (SSSR count). The molecule has 0 amide bonds. The molecule has 0 spiro atoms. The Kier molecular flexibility index (Phi) is 4.74. The van der Waals surface area contributed by atoms with Gasteiger partial charge in [0, 0.05) is 13.3 Å². The van der Waals surface area contributed by atoms with Crippen LogP contribution in [-0.2, 0) is 18.0 Å². The topological polar surface area (TPSA) is 121 Å². The number of hydrogen-bond donors (Lipinski definition) is 3. The summed E-state index contributed by atoms with van der Waals surface area (Å²) >= 11 is 10.1. The van der Waals surface area contributed by atoms with Crippen molar-refractivity contribution in [2.75, 3.05) is 13.3 Å². The van der Waals surface area contributed by atoms with Gasteiger partial charge in [-0.05, 0) is 0 Å². The third-order valence-electron chi connectivity index (χ3n) is 0.998. The molecular weight excluding hydrogens is 312 g/mol. The standard InChI is InChI=1S/C3H9Cl2O7P3/c1-13(2,6)12-15(10,11)3(4,5)14(7,8)9/h1-2H3,(H,10,11)(H2,7,8,9). The summed E-state index contributed by atoms with van der Waals surface area (Å²) in [5.74, 6) is 0. The lowest BCUT2D eigenvalue weighted by Crippen LogP contribution is -2.14. The molecule has 0 aliphatic rings. The van der Waals surface area contributed by atoms with Gasteiger partial charge in [-0.25, -0.2) is 4.31 Å². The maximum absolute atomic E-state index is 11.3. The molecule has 0 radical (unpaired) electrons. The Hall–Kier alpha value is 1.11. The second kappa shape index (κ2) is 4.41. The fourth-order valence-electron chi connectivity index (χ4n) is 0.480. The fraction of sp³-hybridized carbons (Fsp3) is 1.00. The van der Waals surface area contributed by atoms with Crippen LogP contribution in [0.3, 0.4) is 0 Å². The van der Waals surface area contributed by atoms with Gasteiger partial charge in [-0.3, -0.25) is 13.7 Å². The zero-order valence-electron chi connectivity index (χ0n) is 7.57. The number of alkyl halides is 2. The van der Waals surface area contributed by atoms with Gasteiger partial charge in [0.25, 0.3) is 0 Å². The minimum Gasteiger partial charge on any atom is -0.322 e. The molecule has 0 aromatic carbocycles. The van der Waals surface area contributed by atoms with Crippen molar-refractivity contribution in [3.05, 3.63) is 0 Å². The molecule has 0 saturated carbocycles. The highest BCUT2D eigenvalue weighted by Crippen LogP contribution is 2.79. The second-order valence-electron chi connectivity index (χ2n) is 2.91. The van der Waals surface area contributed by atoms with Crippen LogP contribution in [0.2, 0.25) is 0 Å². The zero-order valence-corrected chi connectivity index (χ0v) is 11.8. The van der Waals surface area contributed by atoms with Gasteiger partial charge < -0.3 is 14.7 Å². The van der Waals surface area contributed by atoms with Gasteiger partial charge >= 0.3 is 19.0 Å². The molecular formula is C3H9Cl2O7P3. The first-order valence-corrected chi connectivity index (χ1v) is 9.70. The van der Waals surface area contributed by atoms with E-state index >= 15 is 0 Å². The van der Waals surface area contributed by atoms with Crippen molar-refractivity contribution >= 4 is 45.8 Å². The van der Waals surface area contributed by atoms with Crippen molar-refractivity contribution in [3.63, 3.8) is 0 Å². The van der Waals surface area contributed by atoms with E-state index in [4.69, 9.17) is 37.9 Å².